The molecule has 0 saturated heterocycles. The van der Waals surface area contributed by atoms with E-state index < -0.39 is 0 Å². The Balaban J connectivity index is 0.000000148. The largest absolute Gasteiger partial charge is 0.292 e. The van der Waals surface area contributed by atoms with Crippen molar-refractivity contribution in [3.8, 4) is 124 Å². The summed E-state index contributed by atoms with van der Waals surface area (Å²) < 4.78 is 4.58. The third-order valence-corrected chi connectivity index (χ3v) is 19.4. The van der Waals surface area contributed by atoms with Gasteiger partial charge in [-0.1, -0.05) is 328 Å². The van der Waals surface area contributed by atoms with Crippen LogP contribution in [0.4, 0.5) is 0 Å². The number of aromatic nitrogens is 6. The molecule has 6 heteroatoms. The second-order valence-corrected chi connectivity index (χ2v) is 25.6. The highest BCUT2D eigenvalue weighted by Crippen LogP contribution is 2.45. The van der Waals surface area contributed by atoms with Gasteiger partial charge in [-0.05, 0) is 116 Å². The number of imidazole rings is 2. The molecule has 0 amide bonds. The van der Waals surface area contributed by atoms with Crippen LogP contribution in [0.3, 0.4) is 0 Å². The first-order valence-corrected chi connectivity index (χ1v) is 34.6. The van der Waals surface area contributed by atoms with E-state index >= 15 is 0 Å². The highest BCUT2D eigenvalue weighted by Gasteiger charge is 2.25. The van der Waals surface area contributed by atoms with Crippen molar-refractivity contribution in [1.29, 1.82) is 0 Å². The Morgan fingerprint density at radius 3 is 0.990 bits per heavy atom. The number of para-hydroxylation sites is 1. The number of benzene rings is 15. The fourth-order valence-electron chi connectivity index (χ4n) is 14.6. The first-order valence-electron chi connectivity index (χ1n) is 34.6. The molecule has 0 unspecified atom stereocenters. The van der Waals surface area contributed by atoms with Crippen molar-refractivity contribution in [1.82, 2.24) is 29.1 Å². The standard InChI is InChI=1S/C52H35N3.C44H29N3/c1-6-18-36(19-7-1)46-35-48(38-20-8-2-9-21-38)53-50-44-29-17-16-28-43(44)45(34-47(46)50)37-30-32-42(33-31-37)55-51(40-24-12-4-13-25-40)49(39-22-10-3-11-23-39)54-52(55)41-26-14-5-15-27-41;1-5-15-30(16-6-1)38-29-40(31-17-7-2-8-18-31)45-43-36-24-14-13-23-35(36)37(28-39(38)43)33-25-26-42-41(27-33)46-44(32-19-9-3-10-20-32)47(42)34-21-11-4-12-22-34/h1-35H;1-29H. The van der Waals surface area contributed by atoms with Gasteiger partial charge in [-0.15, -0.1) is 0 Å². The summed E-state index contributed by atoms with van der Waals surface area (Å²) in [6, 6.07) is 137. The topological polar surface area (TPSA) is 61.4 Å². The van der Waals surface area contributed by atoms with Gasteiger partial charge in [-0.2, -0.15) is 0 Å². The summed E-state index contributed by atoms with van der Waals surface area (Å²) in [6.45, 7) is 0. The zero-order chi connectivity index (χ0) is 67.7. The van der Waals surface area contributed by atoms with Crippen molar-refractivity contribution < 1.29 is 0 Å². The normalized spacial score (nSPS) is 11.3. The van der Waals surface area contributed by atoms with E-state index in [1.807, 2.05) is 12.1 Å². The molecule has 4 heterocycles. The summed E-state index contributed by atoms with van der Waals surface area (Å²) in [7, 11) is 0. The van der Waals surface area contributed by atoms with Crippen molar-refractivity contribution >= 4 is 54.4 Å². The van der Waals surface area contributed by atoms with Gasteiger partial charge in [-0.25, -0.2) is 19.9 Å². The third kappa shape index (κ3) is 11.3. The Bertz CT molecular complexity index is 6230. The summed E-state index contributed by atoms with van der Waals surface area (Å²) >= 11 is 0. The highest BCUT2D eigenvalue weighted by atomic mass is 15.1. The summed E-state index contributed by atoms with van der Waals surface area (Å²) in [4.78, 5) is 21.3. The summed E-state index contributed by atoms with van der Waals surface area (Å²) in [6.07, 6.45) is 0. The Labute approximate surface area is 591 Å². The van der Waals surface area contributed by atoms with Gasteiger partial charge in [-0.3, -0.25) is 9.13 Å². The maximum absolute atomic E-state index is 5.38. The van der Waals surface area contributed by atoms with E-state index in [0.29, 0.717) is 0 Å². The van der Waals surface area contributed by atoms with Crippen LogP contribution in [0.1, 0.15) is 0 Å². The molecule has 102 heavy (non-hydrogen) atoms. The van der Waals surface area contributed by atoms with E-state index in [4.69, 9.17) is 19.9 Å². The van der Waals surface area contributed by atoms with E-state index in [-0.39, 0.29) is 0 Å². The van der Waals surface area contributed by atoms with Gasteiger partial charge in [0.1, 0.15) is 11.6 Å². The van der Waals surface area contributed by atoms with Crippen LogP contribution < -0.4 is 0 Å². The van der Waals surface area contributed by atoms with E-state index in [1.54, 1.807) is 0 Å². The number of fused-ring (bicyclic) bond motifs is 7. The number of rotatable bonds is 12. The van der Waals surface area contributed by atoms with Crippen molar-refractivity contribution in [3.05, 3.63) is 388 Å². The number of pyridine rings is 2. The second-order valence-electron chi connectivity index (χ2n) is 25.6. The predicted octanol–water partition coefficient (Wildman–Crippen LogP) is 25.0. The van der Waals surface area contributed by atoms with Crippen molar-refractivity contribution in [2.24, 2.45) is 0 Å². The quantitative estimate of drug-likeness (QED) is 0.114. The fraction of sp³-hybridized carbons (Fsp3) is 0. The molecule has 0 spiro atoms. The Morgan fingerprint density at radius 1 is 0.196 bits per heavy atom. The monoisotopic (exact) mass is 1300 g/mol. The van der Waals surface area contributed by atoms with Gasteiger partial charge in [0.25, 0.3) is 0 Å². The molecule has 0 bridgehead atoms. The zero-order valence-electron chi connectivity index (χ0n) is 55.6. The number of hydrogen-bond donors (Lipinski definition) is 0. The lowest BCUT2D eigenvalue weighted by Crippen LogP contribution is -2.00. The molecule has 0 radical (unpaired) electrons. The SMILES string of the molecule is c1ccc(-c2cc(-c3ccccc3)c3cc(-c4ccc(-n5c(-c6ccccc6)nc(-c6ccccc6)c5-c5ccccc5)cc4)c4ccccc4c3n2)cc1.c1ccc(-c2cc(-c3ccccc3)c3cc(-c4ccc5c(c4)nc(-c4ccccc4)n5-c4ccccc4)c4ccccc4c3n2)cc1. The van der Waals surface area contributed by atoms with Crippen molar-refractivity contribution in [2.45, 2.75) is 0 Å². The van der Waals surface area contributed by atoms with Crippen LogP contribution in [0, 0.1) is 0 Å². The molecule has 0 N–H and O–H groups in total. The lowest BCUT2D eigenvalue weighted by Gasteiger charge is -2.17. The van der Waals surface area contributed by atoms with Crippen LogP contribution >= 0.6 is 0 Å². The van der Waals surface area contributed by atoms with Crippen LogP contribution in [0.5, 0.6) is 0 Å². The lowest BCUT2D eigenvalue weighted by molar-refractivity contribution is 1.07. The first-order chi connectivity index (χ1) is 50.6. The van der Waals surface area contributed by atoms with Gasteiger partial charge >= 0.3 is 0 Å². The van der Waals surface area contributed by atoms with Gasteiger partial charge in [0, 0.05) is 66.3 Å². The van der Waals surface area contributed by atoms with Gasteiger partial charge in [0.05, 0.1) is 44.8 Å². The average molecular weight is 1300 g/mol. The second kappa shape index (κ2) is 26.6. The smallest absolute Gasteiger partial charge is 0.145 e. The average Bonchev–Trinajstić information content (AvgIpc) is 0.878. The highest BCUT2D eigenvalue weighted by molar-refractivity contribution is 6.18. The molecule has 19 aromatic rings. The number of hydrogen-bond acceptors (Lipinski definition) is 4. The van der Waals surface area contributed by atoms with Crippen LogP contribution in [0.2, 0.25) is 0 Å². The van der Waals surface area contributed by atoms with Crippen LogP contribution in [-0.2, 0) is 0 Å². The molecule has 0 atom stereocenters. The molecular weight excluding hydrogens is 1240 g/mol. The molecular formula is C96H64N6. The molecule has 19 rings (SSSR count). The first kappa shape index (κ1) is 60.7. The van der Waals surface area contributed by atoms with Gasteiger partial charge < -0.3 is 0 Å². The molecule has 478 valence electrons. The van der Waals surface area contributed by atoms with Crippen LogP contribution in [-0.4, -0.2) is 29.1 Å². The lowest BCUT2D eigenvalue weighted by atomic mass is 9.91. The molecule has 0 aliphatic heterocycles. The third-order valence-electron chi connectivity index (χ3n) is 19.4. The van der Waals surface area contributed by atoms with Crippen molar-refractivity contribution in [2.75, 3.05) is 0 Å². The van der Waals surface area contributed by atoms with Crippen LogP contribution in [0.15, 0.2) is 388 Å². The van der Waals surface area contributed by atoms with E-state index in [1.165, 1.54) is 38.6 Å². The maximum Gasteiger partial charge on any atom is 0.145 e. The predicted molar refractivity (Wildman–Crippen MR) is 425 cm³/mol. The van der Waals surface area contributed by atoms with E-state index in [0.717, 1.165) is 139 Å². The summed E-state index contributed by atoms with van der Waals surface area (Å²) in [5.74, 6) is 1.83. The Hall–Kier alpha value is -13.7. The molecule has 0 saturated carbocycles. The maximum atomic E-state index is 5.38. The zero-order valence-corrected chi connectivity index (χ0v) is 55.6. The van der Waals surface area contributed by atoms with E-state index in [2.05, 4.69) is 385 Å². The minimum Gasteiger partial charge on any atom is -0.292 e. The minimum atomic E-state index is 0.898. The molecule has 0 aliphatic carbocycles. The molecule has 0 fully saturated rings. The van der Waals surface area contributed by atoms with Gasteiger partial charge in [0.2, 0.25) is 0 Å². The molecule has 6 nitrogen and oxygen atoms in total. The minimum absolute atomic E-state index is 0.898. The Morgan fingerprint density at radius 2 is 0.529 bits per heavy atom. The van der Waals surface area contributed by atoms with Crippen LogP contribution in [0.25, 0.3) is 178 Å². The van der Waals surface area contributed by atoms with Gasteiger partial charge in [0.15, 0.2) is 0 Å². The molecule has 0 aliphatic rings. The number of nitrogens with zero attached hydrogens (tertiary/aromatic N) is 6. The fourth-order valence-corrected chi connectivity index (χ4v) is 14.6. The van der Waals surface area contributed by atoms with Crippen molar-refractivity contribution in [3.63, 3.8) is 0 Å². The summed E-state index contributed by atoms with van der Waals surface area (Å²) in [5, 5.41) is 6.86. The molecule has 4 aromatic heterocycles. The van der Waals surface area contributed by atoms with E-state index in [9.17, 15) is 0 Å². The molecule has 15 aromatic carbocycles. The summed E-state index contributed by atoms with van der Waals surface area (Å²) in [5.41, 5.74) is 25.9. The Kier molecular flexibility index (Phi) is 15.8.